The first-order valence-corrected chi connectivity index (χ1v) is 11.3. The van der Waals surface area contributed by atoms with Gasteiger partial charge in [-0.15, -0.1) is 0 Å². The van der Waals surface area contributed by atoms with Crippen LogP contribution in [0.5, 0.6) is 0 Å². The van der Waals surface area contributed by atoms with Crippen molar-refractivity contribution >= 4 is 17.3 Å². The Kier molecular flexibility index (Phi) is 6.26. The van der Waals surface area contributed by atoms with E-state index in [4.69, 9.17) is 9.90 Å². The molecule has 0 radical (unpaired) electrons. The molecule has 32 heavy (non-hydrogen) atoms. The van der Waals surface area contributed by atoms with Crippen LogP contribution >= 0.6 is 11.3 Å². The van der Waals surface area contributed by atoms with Crippen LogP contribution in [-0.2, 0) is 24.4 Å². The summed E-state index contributed by atoms with van der Waals surface area (Å²) in [5.74, 6) is -0.727. The number of carbonyl (C=O) groups is 1. The largest absolute Gasteiger partial charge is 0.490 e. The highest BCUT2D eigenvalue weighted by atomic mass is 32.1. The second-order valence-electron chi connectivity index (χ2n) is 8.55. The molecule has 1 saturated carbocycles. The zero-order chi connectivity index (χ0) is 23.0. The molecule has 4 heterocycles. The van der Waals surface area contributed by atoms with Gasteiger partial charge in [-0.05, 0) is 41.1 Å². The van der Waals surface area contributed by atoms with Crippen molar-refractivity contribution in [2.24, 2.45) is 11.8 Å². The molecule has 2 aliphatic heterocycles. The first kappa shape index (κ1) is 22.7. The molecule has 1 N–H and O–H groups in total. The standard InChI is InChI=1S/C18H22N4O2S.C2HF3O2/c23-17-18(24)22(7-12-2-1-3-12)19-16-15-10-20(6-13-4-5-25-11-13)8-14(15)9-21(16)17;3-2(4,5)1(6)7/h4-5,11-12,14-15H,1-3,6-10H2;(H,6,7). The van der Waals surface area contributed by atoms with Crippen molar-refractivity contribution in [1.82, 2.24) is 19.2 Å². The zero-order valence-corrected chi connectivity index (χ0v) is 17.9. The summed E-state index contributed by atoms with van der Waals surface area (Å²) in [5, 5.41) is 16.1. The predicted molar refractivity (Wildman–Crippen MR) is 110 cm³/mol. The number of likely N-dealkylation sites (tertiary alicyclic amines) is 1. The topological polar surface area (TPSA) is 97.4 Å². The molecule has 2 fully saturated rings. The van der Waals surface area contributed by atoms with E-state index in [1.165, 1.54) is 16.7 Å². The van der Waals surface area contributed by atoms with Crippen molar-refractivity contribution in [2.75, 3.05) is 13.1 Å². The summed E-state index contributed by atoms with van der Waals surface area (Å²) >= 11 is 1.73. The minimum Gasteiger partial charge on any atom is -0.475 e. The lowest BCUT2D eigenvalue weighted by atomic mass is 9.85. The van der Waals surface area contributed by atoms with Gasteiger partial charge in [-0.25, -0.2) is 9.48 Å². The number of aliphatic carboxylic acids is 1. The Labute approximate surface area is 184 Å². The van der Waals surface area contributed by atoms with Gasteiger partial charge < -0.3 is 5.11 Å². The Hall–Kier alpha value is -2.47. The molecule has 0 spiro atoms. The number of carboxylic acid groups (broad SMARTS) is 1. The van der Waals surface area contributed by atoms with E-state index in [0.29, 0.717) is 24.9 Å². The normalized spacial score (nSPS) is 22.6. The van der Waals surface area contributed by atoms with Gasteiger partial charge in [0.2, 0.25) is 0 Å². The van der Waals surface area contributed by atoms with E-state index in [1.807, 2.05) is 0 Å². The van der Waals surface area contributed by atoms with Gasteiger partial charge in [0.15, 0.2) is 0 Å². The quantitative estimate of drug-likeness (QED) is 0.685. The Balaban J connectivity index is 0.000000307. The summed E-state index contributed by atoms with van der Waals surface area (Å²) in [7, 11) is 0. The van der Waals surface area contributed by atoms with Crippen molar-refractivity contribution in [3.8, 4) is 0 Å². The van der Waals surface area contributed by atoms with Crippen molar-refractivity contribution in [2.45, 2.75) is 51.0 Å². The number of hydrogen-bond donors (Lipinski definition) is 1. The molecule has 0 aromatic carbocycles. The number of nitrogens with zero attached hydrogens (tertiary/aromatic N) is 4. The molecule has 0 amide bonds. The predicted octanol–water partition coefficient (Wildman–Crippen LogP) is 2.13. The van der Waals surface area contributed by atoms with Crippen LogP contribution in [0.15, 0.2) is 26.4 Å². The van der Waals surface area contributed by atoms with E-state index in [0.717, 1.165) is 38.3 Å². The van der Waals surface area contributed by atoms with Gasteiger partial charge in [-0.3, -0.25) is 19.1 Å². The maximum Gasteiger partial charge on any atom is 0.490 e. The first-order chi connectivity index (χ1) is 15.1. The lowest BCUT2D eigenvalue weighted by Gasteiger charge is -2.25. The fourth-order valence-corrected chi connectivity index (χ4v) is 5.15. The first-order valence-electron chi connectivity index (χ1n) is 10.4. The molecule has 12 heteroatoms. The minimum absolute atomic E-state index is 0.277. The van der Waals surface area contributed by atoms with Crippen LogP contribution in [0, 0.1) is 11.8 Å². The van der Waals surface area contributed by atoms with Crippen LogP contribution < -0.4 is 11.1 Å². The lowest BCUT2D eigenvalue weighted by molar-refractivity contribution is -0.192. The third kappa shape index (κ3) is 4.65. The molecule has 2 aromatic rings. The molecule has 174 valence electrons. The monoisotopic (exact) mass is 472 g/mol. The van der Waals surface area contributed by atoms with Crippen LogP contribution in [-0.4, -0.2) is 49.6 Å². The fraction of sp³-hybridized carbons (Fsp3) is 0.600. The summed E-state index contributed by atoms with van der Waals surface area (Å²) in [6.07, 6.45) is -1.56. The smallest absolute Gasteiger partial charge is 0.475 e. The summed E-state index contributed by atoms with van der Waals surface area (Å²) < 4.78 is 34.8. The van der Waals surface area contributed by atoms with Gasteiger partial charge in [0.25, 0.3) is 0 Å². The van der Waals surface area contributed by atoms with Crippen molar-refractivity contribution < 1.29 is 23.1 Å². The van der Waals surface area contributed by atoms with E-state index in [1.54, 1.807) is 15.9 Å². The zero-order valence-electron chi connectivity index (χ0n) is 17.1. The highest BCUT2D eigenvalue weighted by molar-refractivity contribution is 7.07. The maximum atomic E-state index is 12.5. The second kappa shape index (κ2) is 8.81. The van der Waals surface area contributed by atoms with Gasteiger partial charge in [-0.1, -0.05) is 6.42 Å². The van der Waals surface area contributed by atoms with E-state index < -0.39 is 17.7 Å². The van der Waals surface area contributed by atoms with Crippen molar-refractivity contribution in [3.63, 3.8) is 0 Å². The molecule has 3 aliphatic rings. The minimum atomic E-state index is -5.08. The number of rotatable bonds is 4. The number of halogens is 3. The van der Waals surface area contributed by atoms with Crippen LogP contribution in [0.2, 0.25) is 0 Å². The van der Waals surface area contributed by atoms with E-state index in [9.17, 15) is 22.8 Å². The van der Waals surface area contributed by atoms with Crippen molar-refractivity contribution in [1.29, 1.82) is 0 Å². The average Bonchev–Trinajstić information content (AvgIpc) is 3.39. The number of hydrogen-bond acceptors (Lipinski definition) is 6. The molecule has 2 aromatic heterocycles. The maximum absolute atomic E-state index is 12.5. The fourth-order valence-electron chi connectivity index (χ4n) is 4.49. The third-order valence-electron chi connectivity index (χ3n) is 6.31. The number of thiophene rings is 1. The van der Waals surface area contributed by atoms with Crippen LogP contribution in [0.4, 0.5) is 13.2 Å². The molecule has 8 nitrogen and oxygen atoms in total. The van der Waals surface area contributed by atoms with E-state index in [-0.39, 0.29) is 11.5 Å². The Morgan fingerprint density at radius 3 is 2.47 bits per heavy atom. The average molecular weight is 472 g/mol. The van der Waals surface area contributed by atoms with E-state index in [2.05, 4.69) is 26.8 Å². The van der Waals surface area contributed by atoms with Gasteiger partial charge in [0.05, 0.1) is 0 Å². The number of carboxylic acids is 1. The Morgan fingerprint density at radius 2 is 1.91 bits per heavy atom. The summed E-state index contributed by atoms with van der Waals surface area (Å²) in [6.45, 7) is 4.11. The number of fused-ring (bicyclic) bond motifs is 3. The molecule has 5 rings (SSSR count). The van der Waals surface area contributed by atoms with Crippen LogP contribution in [0.25, 0.3) is 0 Å². The van der Waals surface area contributed by atoms with Gasteiger partial charge in [-0.2, -0.15) is 29.6 Å². The number of aromatic nitrogens is 3. The molecule has 2 unspecified atom stereocenters. The molecular formula is C20H23F3N4O4S. The second-order valence-corrected chi connectivity index (χ2v) is 9.33. The SMILES string of the molecule is O=C(O)C(F)(F)F.O=c1c(=O)n2c(nn1CC1CCC1)C1CN(Cc3ccsc3)CC1C2. The lowest BCUT2D eigenvalue weighted by Crippen LogP contribution is -2.45. The Morgan fingerprint density at radius 1 is 1.19 bits per heavy atom. The molecule has 2 atom stereocenters. The highest BCUT2D eigenvalue weighted by Crippen LogP contribution is 2.37. The highest BCUT2D eigenvalue weighted by Gasteiger charge is 2.42. The van der Waals surface area contributed by atoms with E-state index >= 15 is 0 Å². The summed E-state index contributed by atoms with van der Waals surface area (Å²) in [4.78, 5) is 36.2. The van der Waals surface area contributed by atoms with Gasteiger partial charge >= 0.3 is 23.3 Å². The molecule has 1 saturated heterocycles. The molecule has 0 bridgehead atoms. The molecule has 1 aliphatic carbocycles. The number of alkyl halides is 3. The van der Waals surface area contributed by atoms with Crippen LogP contribution in [0.3, 0.4) is 0 Å². The molecular weight excluding hydrogens is 449 g/mol. The Bertz CT molecular complexity index is 1090. The summed E-state index contributed by atoms with van der Waals surface area (Å²) in [6, 6.07) is 2.17. The third-order valence-corrected chi connectivity index (χ3v) is 7.04. The van der Waals surface area contributed by atoms with Gasteiger partial charge in [0.1, 0.15) is 5.82 Å². The van der Waals surface area contributed by atoms with Crippen LogP contribution in [0.1, 0.15) is 36.6 Å². The summed E-state index contributed by atoms with van der Waals surface area (Å²) in [5.41, 5.74) is 0.541. The van der Waals surface area contributed by atoms with Crippen molar-refractivity contribution in [3.05, 3.63) is 48.9 Å². The van der Waals surface area contributed by atoms with Gasteiger partial charge in [0, 0.05) is 44.6 Å².